The zero-order valence-corrected chi connectivity index (χ0v) is 10.6. The minimum atomic E-state index is 0.487. The molecule has 0 heterocycles. The Morgan fingerprint density at radius 2 is 2.00 bits per heavy atom. The van der Waals surface area contributed by atoms with E-state index in [1.165, 1.54) is 12.0 Å². The van der Waals surface area contributed by atoms with Crippen molar-refractivity contribution in [3.05, 3.63) is 23.3 Å². The summed E-state index contributed by atoms with van der Waals surface area (Å²) in [6.07, 6.45) is 9.05. The summed E-state index contributed by atoms with van der Waals surface area (Å²) < 4.78 is 0. The highest BCUT2D eigenvalue weighted by atomic mass is 16.1. The van der Waals surface area contributed by atoms with Gasteiger partial charge in [0.05, 0.1) is 0 Å². The highest BCUT2D eigenvalue weighted by molar-refractivity contribution is 5.74. The van der Waals surface area contributed by atoms with Crippen molar-refractivity contribution in [3.63, 3.8) is 0 Å². The first-order valence-corrected chi connectivity index (χ1v) is 6.45. The fourth-order valence-electron chi connectivity index (χ4n) is 3.21. The molecular weight excluding hydrogens is 196 g/mol. The van der Waals surface area contributed by atoms with Crippen molar-refractivity contribution in [2.24, 2.45) is 23.7 Å². The van der Waals surface area contributed by atoms with Gasteiger partial charge < -0.3 is 0 Å². The van der Waals surface area contributed by atoms with E-state index in [-0.39, 0.29) is 0 Å². The fraction of sp³-hybridized carbons (Fsp3) is 0.667. The van der Waals surface area contributed by atoms with Crippen LogP contribution >= 0.6 is 0 Å². The van der Waals surface area contributed by atoms with Crippen LogP contribution in [0.4, 0.5) is 0 Å². The predicted octanol–water partition coefficient (Wildman–Crippen LogP) is 3.76. The van der Waals surface area contributed by atoms with Crippen LogP contribution in [0.2, 0.25) is 0 Å². The topological polar surface area (TPSA) is 17.1 Å². The van der Waals surface area contributed by atoms with E-state index in [9.17, 15) is 4.79 Å². The lowest BCUT2D eigenvalue weighted by Gasteiger charge is -2.25. The molecule has 0 amide bonds. The maximum atomic E-state index is 11.1. The van der Waals surface area contributed by atoms with Crippen molar-refractivity contribution in [2.45, 2.75) is 40.0 Å². The highest BCUT2D eigenvalue weighted by Crippen LogP contribution is 2.44. The predicted molar refractivity (Wildman–Crippen MR) is 67.1 cm³/mol. The number of fused-ring (bicyclic) bond motifs is 1. The Labute approximate surface area is 98.6 Å². The van der Waals surface area contributed by atoms with Crippen LogP contribution in [-0.2, 0) is 4.79 Å². The van der Waals surface area contributed by atoms with Gasteiger partial charge in [0.1, 0.15) is 6.29 Å². The van der Waals surface area contributed by atoms with Crippen molar-refractivity contribution in [1.82, 2.24) is 0 Å². The Hall–Kier alpha value is -0.850. The monoisotopic (exact) mass is 218 g/mol. The Bertz CT molecular complexity index is 335. The quantitative estimate of drug-likeness (QED) is 0.509. The second kappa shape index (κ2) is 4.57. The molecule has 0 N–H and O–H groups in total. The average Bonchev–Trinajstić information content (AvgIpc) is 2.51. The Morgan fingerprint density at radius 3 is 2.62 bits per heavy atom. The molecule has 16 heavy (non-hydrogen) atoms. The molecule has 0 aromatic heterocycles. The summed E-state index contributed by atoms with van der Waals surface area (Å²) in [6, 6.07) is 0. The molecule has 0 saturated carbocycles. The van der Waals surface area contributed by atoms with Crippen molar-refractivity contribution in [1.29, 1.82) is 0 Å². The maximum Gasteiger partial charge on any atom is 0.146 e. The van der Waals surface area contributed by atoms with E-state index in [0.29, 0.717) is 11.8 Å². The first-order valence-electron chi connectivity index (χ1n) is 6.45. The second-order valence-corrected chi connectivity index (χ2v) is 5.69. The molecular formula is C15H22O. The average molecular weight is 218 g/mol. The van der Waals surface area contributed by atoms with Crippen LogP contribution in [0.15, 0.2) is 23.3 Å². The third-order valence-electron chi connectivity index (χ3n) is 4.48. The van der Waals surface area contributed by atoms with Gasteiger partial charge in [-0.3, -0.25) is 4.79 Å². The zero-order valence-electron chi connectivity index (χ0n) is 10.6. The zero-order chi connectivity index (χ0) is 11.7. The molecule has 88 valence electrons. The minimum Gasteiger partial charge on any atom is -0.298 e. The first-order chi connectivity index (χ1) is 7.63. The number of hydrogen-bond donors (Lipinski definition) is 0. The molecule has 0 radical (unpaired) electrons. The van der Waals surface area contributed by atoms with E-state index in [1.807, 2.05) is 0 Å². The summed E-state index contributed by atoms with van der Waals surface area (Å²) in [5.41, 5.74) is 2.56. The summed E-state index contributed by atoms with van der Waals surface area (Å²) in [4.78, 5) is 11.1. The van der Waals surface area contributed by atoms with E-state index in [0.717, 1.165) is 36.5 Å². The molecule has 0 fully saturated rings. The van der Waals surface area contributed by atoms with Gasteiger partial charge in [-0.15, -0.1) is 0 Å². The number of aldehydes is 1. The Kier molecular flexibility index (Phi) is 3.32. The molecule has 2 rings (SSSR count). The van der Waals surface area contributed by atoms with E-state index in [4.69, 9.17) is 0 Å². The highest BCUT2D eigenvalue weighted by Gasteiger charge is 2.34. The Balaban J connectivity index is 2.25. The number of carbonyl (C=O) groups excluding carboxylic acids is 1. The molecule has 0 aliphatic heterocycles. The molecule has 1 nitrogen and oxygen atoms in total. The summed E-state index contributed by atoms with van der Waals surface area (Å²) >= 11 is 0. The number of hydrogen-bond acceptors (Lipinski definition) is 1. The molecule has 0 unspecified atom stereocenters. The van der Waals surface area contributed by atoms with Crippen LogP contribution in [0.3, 0.4) is 0 Å². The van der Waals surface area contributed by atoms with Crippen LogP contribution < -0.4 is 0 Å². The molecule has 0 saturated heterocycles. The normalized spacial score (nSPS) is 34.1. The van der Waals surface area contributed by atoms with Crippen molar-refractivity contribution >= 4 is 6.29 Å². The van der Waals surface area contributed by atoms with Crippen LogP contribution in [0.1, 0.15) is 40.0 Å². The third-order valence-corrected chi connectivity index (χ3v) is 4.48. The maximum absolute atomic E-state index is 11.1. The smallest absolute Gasteiger partial charge is 0.146 e. The minimum absolute atomic E-state index is 0.487. The largest absolute Gasteiger partial charge is 0.298 e. The second-order valence-electron chi connectivity index (χ2n) is 5.69. The lowest BCUT2D eigenvalue weighted by atomic mass is 9.79. The van der Waals surface area contributed by atoms with E-state index in [2.05, 4.69) is 32.9 Å². The van der Waals surface area contributed by atoms with E-state index < -0.39 is 0 Å². The van der Waals surface area contributed by atoms with Crippen molar-refractivity contribution in [2.75, 3.05) is 0 Å². The first kappa shape index (κ1) is 11.6. The van der Waals surface area contributed by atoms with E-state index >= 15 is 0 Å². The number of carbonyl (C=O) groups is 1. The molecule has 1 heteroatoms. The van der Waals surface area contributed by atoms with Crippen LogP contribution in [-0.4, -0.2) is 6.29 Å². The van der Waals surface area contributed by atoms with Gasteiger partial charge in [-0.1, -0.05) is 31.6 Å². The molecule has 0 spiro atoms. The summed E-state index contributed by atoms with van der Waals surface area (Å²) in [7, 11) is 0. The van der Waals surface area contributed by atoms with Crippen LogP contribution in [0.25, 0.3) is 0 Å². The summed E-state index contributed by atoms with van der Waals surface area (Å²) in [6.45, 7) is 6.83. The van der Waals surface area contributed by atoms with Gasteiger partial charge in [-0.2, -0.15) is 0 Å². The van der Waals surface area contributed by atoms with Gasteiger partial charge >= 0.3 is 0 Å². The van der Waals surface area contributed by atoms with Crippen LogP contribution in [0.5, 0.6) is 0 Å². The SMILES string of the molecule is CC1=CC[C@@H]2C(C=O)=CC[C@H](C(C)C)C[C@@H]12. The van der Waals surface area contributed by atoms with Crippen molar-refractivity contribution < 1.29 is 4.79 Å². The van der Waals surface area contributed by atoms with E-state index in [1.54, 1.807) is 0 Å². The van der Waals surface area contributed by atoms with Gasteiger partial charge in [0, 0.05) is 0 Å². The van der Waals surface area contributed by atoms with Gasteiger partial charge in [0.25, 0.3) is 0 Å². The fourth-order valence-corrected chi connectivity index (χ4v) is 3.21. The van der Waals surface area contributed by atoms with Gasteiger partial charge in [-0.25, -0.2) is 0 Å². The summed E-state index contributed by atoms with van der Waals surface area (Å²) in [5.74, 6) is 2.58. The van der Waals surface area contributed by atoms with Gasteiger partial charge in [0.15, 0.2) is 0 Å². The number of allylic oxidation sites excluding steroid dienone is 4. The Morgan fingerprint density at radius 1 is 1.25 bits per heavy atom. The lowest BCUT2D eigenvalue weighted by Crippen LogP contribution is -2.17. The molecule has 0 aromatic carbocycles. The summed E-state index contributed by atoms with van der Waals surface area (Å²) in [5, 5.41) is 0. The molecule has 3 atom stereocenters. The third kappa shape index (κ3) is 2.00. The molecule has 2 aliphatic carbocycles. The van der Waals surface area contributed by atoms with Gasteiger partial charge in [0.2, 0.25) is 0 Å². The lowest BCUT2D eigenvalue weighted by molar-refractivity contribution is -0.105. The number of rotatable bonds is 2. The van der Waals surface area contributed by atoms with Crippen LogP contribution in [0, 0.1) is 23.7 Å². The van der Waals surface area contributed by atoms with Crippen molar-refractivity contribution in [3.8, 4) is 0 Å². The van der Waals surface area contributed by atoms with Gasteiger partial charge in [-0.05, 0) is 55.4 Å². The molecule has 0 aromatic rings. The standard InChI is InChI=1S/C15H22O/c1-10(2)12-5-6-13(9-16)14-7-4-11(3)15(14)8-12/h4,6,9-10,12,14-15H,5,7-8H2,1-3H3/t12-,14+,15-/m0/s1. The molecule has 2 aliphatic rings. The molecule has 0 bridgehead atoms.